The van der Waals surface area contributed by atoms with Crippen LogP contribution in [0, 0.1) is 0 Å². The second kappa shape index (κ2) is 11.3. The Bertz CT molecular complexity index is 1070. The molecule has 1 aromatic heterocycles. The summed E-state index contributed by atoms with van der Waals surface area (Å²) in [5.41, 5.74) is 0.453. The average Bonchev–Trinajstić information content (AvgIpc) is 2.84. The van der Waals surface area contributed by atoms with Crippen LogP contribution in [0.5, 0.6) is 0 Å². The zero-order valence-corrected chi connectivity index (χ0v) is 20.5. The molecule has 0 radical (unpaired) electrons. The van der Waals surface area contributed by atoms with Crippen molar-refractivity contribution in [3.63, 3.8) is 0 Å². The lowest BCUT2D eigenvalue weighted by molar-refractivity contribution is -0.131. The maximum Gasteiger partial charge on any atom is 0.319 e. The van der Waals surface area contributed by atoms with Crippen LogP contribution in [0.15, 0.2) is 47.6 Å². The minimum absolute atomic E-state index is 0.0299. The van der Waals surface area contributed by atoms with E-state index >= 15 is 0 Å². The molecule has 1 saturated heterocycles. The van der Waals surface area contributed by atoms with Gasteiger partial charge < -0.3 is 20.4 Å². The van der Waals surface area contributed by atoms with E-state index in [1.54, 1.807) is 37.2 Å². The molecular formula is C22H31N7O4S. The standard InChI is InChI=1S/C22H31N7O4S/c1-17(2)27(3)34(32,33)19-7-5-18(6-8-19)26-22(31)25-12-9-20(30)28-13-15-29(16-14-28)21-23-10-4-11-24-21/h4-8,10-11,17H,9,12-16H2,1-3H3,(H2,25,26,31). The van der Waals surface area contributed by atoms with E-state index in [-0.39, 0.29) is 29.8 Å². The largest absolute Gasteiger partial charge is 0.339 e. The Labute approximate surface area is 200 Å². The molecule has 1 fully saturated rings. The molecule has 1 aromatic carbocycles. The van der Waals surface area contributed by atoms with E-state index in [0.717, 1.165) is 0 Å². The minimum atomic E-state index is -3.58. The topological polar surface area (TPSA) is 128 Å². The summed E-state index contributed by atoms with van der Waals surface area (Å²) < 4.78 is 26.3. The molecule has 1 aliphatic rings. The Balaban J connectivity index is 1.40. The van der Waals surface area contributed by atoms with Crippen LogP contribution in [-0.2, 0) is 14.8 Å². The number of rotatable bonds is 8. The van der Waals surface area contributed by atoms with Crippen molar-refractivity contribution in [2.45, 2.75) is 31.2 Å². The van der Waals surface area contributed by atoms with Gasteiger partial charge in [-0.2, -0.15) is 4.31 Å². The molecule has 0 spiro atoms. The van der Waals surface area contributed by atoms with Crippen molar-refractivity contribution in [1.29, 1.82) is 0 Å². The third-order valence-corrected chi connectivity index (χ3v) is 7.66. The van der Waals surface area contributed by atoms with E-state index < -0.39 is 16.1 Å². The highest BCUT2D eigenvalue weighted by Crippen LogP contribution is 2.19. The predicted octanol–water partition coefficient (Wildman–Crippen LogP) is 1.37. The van der Waals surface area contributed by atoms with Crippen molar-refractivity contribution in [2.75, 3.05) is 50.0 Å². The fraction of sp³-hybridized carbons (Fsp3) is 0.455. The van der Waals surface area contributed by atoms with Crippen LogP contribution in [0.3, 0.4) is 0 Å². The van der Waals surface area contributed by atoms with Gasteiger partial charge in [0, 0.05) is 70.3 Å². The van der Waals surface area contributed by atoms with Crippen molar-refractivity contribution in [3.05, 3.63) is 42.7 Å². The van der Waals surface area contributed by atoms with E-state index in [1.807, 2.05) is 4.90 Å². The first kappa shape index (κ1) is 25.4. The normalized spacial score (nSPS) is 14.4. The highest BCUT2D eigenvalue weighted by atomic mass is 32.2. The number of piperazine rings is 1. The first-order valence-electron chi connectivity index (χ1n) is 11.1. The molecule has 0 bridgehead atoms. The molecule has 34 heavy (non-hydrogen) atoms. The van der Waals surface area contributed by atoms with Gasteiger partial charge in [0.25, 0.3) is 0 Å². The van der Waals surface area contributed by atoms with E-state index in [9.17, 15) is 18.0 Å². The van der Waals surface area contributed by atoms with Crippen molar-refractivity contribution < 1.29 is 18.0 Å². The number of benzene rings is 1. The fourth-order valence-corrected chi connectivity index (χ4v) is 4.75. The molecule has 0 unspecified atom stereocenters. The third-order valence-electron chi connectivity index (χ3n) is 5.61. The van der Waals surface area contributed by atoms with Crippen molar-refractivity contribution >= 4 is 33.6 Å². The molecule has 2 aromatic rings. The van der Waals surface area contributed by atoms with E-state index in [2.05, 4.69) is 20.6 Å². The molecule has 2 N–H and O–H groups in total. The summed E-state index contributed by atoms with van der Waals surface area (Å²) in [4.78, 5) is 37.0. The number of aromatic nitrogens is 2. The van der Waals surface area contributed by atoms with Crippen molar-refractivity contribution in [3.8, 4) is 0 Å². The van der Waals surface area contributed by atoms with Gasteiger partial charge in [-0.05, 0) is 44.2 Å². The summed E-state index contributed by atoms with van der Waals surface area (Å²) in [6, 6.07) is 7.09. The maximum absolute atomic E-state index is 12.5. The van der Waals surface area contributed by atoms with Gasteiger partial charge in [0.2, 0.25) is 21.9 Å². The van der Waals surface area contributed by atoms with Crippen LogP contribution in [0.2, 0.25) is 0 Å². The van der Waals surface area contributed by atoms with Crippen LogP contribution in [0.25, 0.3) is 0 Å². The number of hydrogen-bond donors (Lipinski definition) is 2. The fourth-order valence-electron chi connectivity index (χ4n) is 3.38. The number of anilines is 2. The van der Waals surface area contributed by atoms with Gasteiger partial charge >= 0.3 is 6.03 Å². The van der Waals surface area contributed by atoms with Crippen LogP contribution < -0.4 is 15.5 Å². The Morgan fingerprint density at radius 3 is 2.26 bits per heavy atom. The number of carbonyl (C=O) groups is 2. The predicted molar refractivity (Wildman–Crippen MR) is 129 cm³/mol. The number of carbonyl (C=O) groups excluding carboxylic acids is 2. The first-order valence-corrected chi connectivity index (χ1v) is 12.5. The van der Waals surface area contributed by atoms with Gasteiger partial charge in [0.15, 0.2) is 0 Å². The molecule has 2 heterocycles. The molecule has 12 heteroatoms. The quantitative estimate of drug-likeness (QED) is 0.573. The zero-order valence-electron chi connectivity index (χ0n) is 19.6. The van der Waals surface area contributed by atoms with Gasteiger partial charge in [0.1, 0.15) is 0 Å². The number of hydrogen-bond acceptors (Lipinski definition) is 7. The number of sulfonamides is 1. The smallest absolute Gasteiger partial charge is 0.319 e. The Morgan fingerprint density at radius 1 is 1.06 bits per heavy atom. The van der Waals surface area contributed by atoms with E-state index in [0.29, 0.717) is 37.8 Å². The SMILES string of the molecule is CC(C)N(C)S(=O)(=O)c1ccc(NC(=O)NCCC(=O)N2CCN(c3ncccn3)CC2)cc1. The first-order chi connectivity index (χ1) is 16.2. The number of urea groups is 1. The number of nitrogens with zero attached hydrogens (tertiary/aromatic N) is 5. The van der Waals surface area contributed by atoms with Gasteiger partial charge in [-0.3, -0.25) is 4.79 Å². The lowest BCUT2D eigenvalue weighted by Crippen LogP contribution is -2.49. The summed E-state index contributed by atoms with van der Waals surface area (Å²) in [5, 5.41) is 5.31. The van der Waals surface area contributed by atoms with Gasteiger partial charge in [-0.25, -0.2) is 23.2 Å². The van der Waals surface area contributed by atoms with Crippen LogP contribution >= 0.6 is 0 Å². The summed E-state index contributed by atoms with van der Waals surface area (Å²) >= 11 is 0. The Hall–Kier alpha value is -3.25. The molecule has 3 rings (SSSR count). The Morgan fingerprint density at radius 2 is 1.68 bits per heavy atom. The third kappa shape index (κ3) is 6.41. The maximum atomic E-state index is 12.5. The molecule has 11 nitrogen and oxygen atoms in total. The molecular weight excluding hydrogens is 458 g/mol. The minimum Gasteiger partial charge on any atom is -0.339 e. The molecule has 3 amide bonds. The second-order valence-electron chi connectivity index (χ2n) is 8.19. The van der Waals surface area contributed by atoms with Gasteiger partial charge in [-0.15, -0.1) is 0 Å². The molecule has 0 atom stereocenters. The van der Waals surface area contributed by atoms with Crippen LogP contribution in [0.4, 0.5) is 16.4 Å². The summed E-state index contributed by atoms with van der Waals surface area (Å²) in [7, 11) is -2.06. The van der Waals surface area contributed by atoms with E-state index in [1.165, 1.54) is 35.6 Å². The van der Waals surface area contributed by atoms with Crippen molar-refractivity contribution in [2.24, 2.45) is 0 Å². The second-order valence-corrected chi connectivity index (χ2v) is 10.2. The summed E-state index contributed by atoms with van der Waals surface area (Å²) in [6.07, 6.45) is 3.57. The highest BCUT2D eigenvalue weighted by molar-refractivity contribution is 7.89. The highest BCUT2D eigenvalue weighted by Gasteiger charge is 2.23. The van der Waals surface area contributed by atoms with E-state index in [4.69, 9.17) is 0 Å². The zero-order chi connectivity index (χ0) is 24.7. The molecule has 0 saturated carbocycles. The van der Waals surface area contributed by atoms with Crippen LogP contribution in [-0.4, -0.2) is 85.3 Å². The van der Waals surface area contributed by atoms with Crippen LogP contribution in [0.1, 0.15) is 20.3 Å². The van der Waals surface area contributed by atoms with Gasteiger partial charge in [-0.1, -0.05) is 0 Å². The summed E-state index contributed by atoms with van der Waals surface area (Å²) in [5.74, 6) is 0.628. The average molecular weight is 490 g/mol. The van der Waals surface area contributed by atoms with Gasteiger partial charge in [0.05, 0.1) is 4.90 Å². The molecule has 184 valence electrons. The lowest BCUT2D eigenvalue weighted by atomic mass is 10.3. The van der Waals surface area contributed by atoms with Crippen molar-refractivity contribution in [1.82, 2.24) is 24.5 Å². The summed E-state index contributed by atoms with van der Waals surface area (Å²) in [6.45, 7) is 6.24. The number of amides is 3. The molecule has 1 aliphatic heterocycles. The number of nitrogens with one attached hydrogen (secondary N) is 2. The monoisotopic (exact) mass is 489 g/mol. The molecule has 0 aliphatic carbocycles. The Kier molecular flexibility index (Phi) is 8.40. The lowest BCUT2D eigenvalue weighted by Gasteiger charge is -2.34.